The highest BCUT2D eigenvalue weighted by atomic mass is 35.5. The minimum absolute atomic E-state index is 0.240. The van der Waals surface area contributed by atoms with E-state index in [2.05, 4.69) is 0 Å². The number of halogens is 1. The maximum atomic E-state index is 12.1. The Morgan fingerprint density at radius 2 is 1.92 bits per heavy atom. The van der Waals surface area contributed by atoms with Gasteiger partial charge in [-0.2, -0.15) is 0 Å². The summed E-state index contributed by atoms with van der Waals surface area (Å²) in [6.07, 6.45) is 0.336. The van der Waals surface area contributed by atoms with Crippen LogP contribution in [-0.4, -0.2) is 40.9 Å². The van der Waals surface area contributed by atoms with Crippen LogP contribution in [0.1, 0.15) is 39.7 Å². The average Bonchev–Trinajstić information content (AvgIpc) is 2.50. The van der Waals surface area contributed by atoms with E-state index in [4.69, 9.17) is 16.4 Å². The third kappa shape index (κ3) is 3.59. The molecule has 2 unspecified atom stereocenters. The fourth-order valence-electron chi connectivity index (χ4n) is 2.92. The predicted molar refractivity (Wildman–Crippen MR) is 92.3 cm³/mol. The molecular weight excluding hydrogens is 330 g/mol. The molecule has 24 heavy (non-hydrogen) atoms. The molecule has 6 heteroatoms. The lowest BCUT2D eigenvalue weighted by Gasteiger charge is -2.50. The molecule has 2 N–H and O–H groups in total. The average molecular weight is 356 g/mol. The minimum Gasteiger partial charge on any atom is -0.396 e. The van der Waals surface area contributed by atoms with Gasteiger partial charge in [0.15, 0.2) is 0 Å². The first kappa shape index (κ1) is 19.2. The van der Waals surface area contributed by atoms with E-state index in [0.29, 0.717) is 23.6 Å². The van der Waals surface area contributed by atoms with E-state index >= 15 is 0 Å². The molecule has 1 fully saturated rings. The lowest BCUT2D eigenvalue weighted by molar-refractivity contribution is -0.248. The Morgan fingerprint density at radius 3 is 2.42 bits per heavy atom. The number of piperidine rings is 1. The van der Waals surface area contributed by atoms with Crippen molar-refractivity contribution in [2.75, 3.05) is 19.7 Å². The van der Waals surface area contributed by atoms with Crippen LogP contribution >= 0.6 is 11.6 Å². The summed E-state index contributed by atoms with van der Waals surface area (Å²) in [5.74, 6) is -0.334. The van der Waals surface area contributed by atoms with Crippen molar-refractivity contribution in [1.82, 2.24) is 5.06 Å². The van der Waals surface area contributed by atoms with Crippen LogP contribution in [0.2, 0.25) is 5.02 Å². The summed E-state index contributed by atoms with van der Waals surface area (Å²) in [6, 6.07) is 6.98. The number of aliphatic hydroxyl groups excluding tert-OH is 1. The molecular formula is C18H26ClNO4. The van der Waals surface area contributed by atoms with Gasteiger partial charge in [0.1, 0.15) is 0 Å². The van der Waals surface area contributed by atoms with Gasteiger partial charge in [-0.1, -0.05) is 30.7 Å². The maximum absolute atomic E-state index is 12.1. The number of hydrogen-bond donors (Lipinski definition) is 2. The Hall–Kier alpha value is -1.14. The topological polar surface area (TPSA) is 70.0 Å². The molecule has 1 aliphatic rings. The number of hydrogen-bond acceptors (Lipinski definition) is 5. The second-order valence-corrected chi connectivity index (χ2v) is 8.26. The van der Waals surface area contributed by atoms with Crippen molar-refractivity contribution < 1.29 is 19.8 Å². The molecule has 5 nitrogen and oxygen atoms in total. The number of hydroxylamine groups is 2. The monoisotopic (exact) mass is 355 g/mol. The number of rotatable bonds is 3. The van der Waals surface area contributed by atoms with Crippen molar-refractivity contribution in [2.24, 2.45) is 10.8 Å². The molecule has 0 aliphatic carbocycles. The Balaban J connectivity index is 2.23. The number of aliphatic hydroxyl groups is 2. The van der Waals surface area contributed by atoms with Gasteiger partial charge in [-0.05, 0) is 44.9 Å². The third-order valence-electron chi connectivity index (χ3n) is 4.74. The smallest absolute Gasteiger partial charge is 0.330 e. The summed E-state index contributed by atoms with van der Waals surface area (Å²) in [5, 5.41) is 23.4. The van der Waals surface area contributed by atoms with Crippen molar-refractivity contribution in [3.8, 4) is 0 Å². The summed E-state index contributed by atoms with van der Waals surface area (Å²) < 4.78 is 0. The third-order valence-corrected chi connectivity index (χ3v) is 4.99. The van der Waals surface area contributed by atoms with Gasteiger partial charge in [0.05, 0.1) is 17.6 Å². The zero-order valence-electron chi connectivity index (χ0n) is 14.7. The van der Waals surface area contributed by atoms with E-state index in [1.54, 1.807) is 52.0 Å². The molecule has 0 spiro atoms. The van der Waals surface area contributed by atoms with Crippen LogP contribution in [0, 0.1) is 10.8 Å². The largest absolute Gasteiger partial charge is 0.396 e. The second-order valence-electron chi connectivity index (χ2n) is 7.83. The fraction of sp³-hybridized carbons (Fsp3) is 0.611. The van der Waals surface area contributed by atoms with Gasteiger partial charge in [0.25, 0.3) is 0 Å². The first-order valence-electron chi connectivity index (χ1n) is 8.08. The number of carbonyl (C=O) groups excluding carboxylic acids is 1. The Labute approximate surface area is 148 Å². The molecule has 1 aromatic carbocycles. The Bertz CT molecular complexity index is 598. The summed E-state index contributed by atoms with van der Waals surface area (Å²) in [6.45, 7) is 7.53. The van der Waals surface area contributed by atoms with Gasteiger partial charge in [-0.25, -0.2) is 4.79 Å². The van der Waals surface area contributed by atoms with E-state index in [0.717, 1.165) is 0 Å². The summed E-state index contributed by atoms with van der Waals surface area (Å²) in [4.78, 5) is 17.5. The van der Waals surface area contributed by atoms with Crippen LogP contribution in [0.3, 0.4) is 0 Å². The molecule has 134 valence electrons. The van der Waals surface area contributed by atoms with Crippen molar-refractivity contribution in [1.29, 1.82) is 0 Å². The van der Waals surface area contributed by atoms with Crippen LogP contribution < -0.4 is 0 Å². The van der Waals surface area contributed by atoms with Crippen LogP contribution in [0.5, 0.6) is 0 Å². The predicted octanol–water partition coefficient (Wildman–Crippen LogP) is 2.74. The molecule has 2 rings (SSSR count). The fourth-order valence-corrected chi connectivity index (χ4v) is 3.04. The first-order chi connectivity index (χ1) is 11.0. The van der Waals surface area contributed by atoms with E-state index in [9.17, 15) is 15.0 Å². The van der Waals surface area contributed by atoms with Gasteiger partial charge >= 0.3 is 5.97 Å². The van der Waals surface area contributed by atoms with Crippen LogP contribution in [-0.2, 0) is 15.2 Å². The lowest BCUT2D eigenvalue weighted by atomic mass is 9.66. The Morgan fingerprint density at radius 1 is 1.33 bits per heavy atom. The van der Waals surface area contributed by atoms with Crippen molar-refractivity contribution in [2.45, 2.75) is 39.7 Å². The molecule has 1 aromatic rings. The van der Waals surface area contributed by atoms with Gasteiger partial charge in [-0.3, -0.25) is 0 Å². The molecule has 0 radical (unpaired) electrons. The van der Waals surface area contributed by atoms with Crippen molar-refractivity contribution in [3.05, 3.63) is 34.9 Å². The molecule has 0 aromatic heterocycles. The van der Waals surface area contributed by atoms with E-state index < -0.39 is 16.4 Å². The van der Waals surface area contributed by atoms with E-state index in [-0.39, 0.29) is 19.1 Å². The number of nitrogens with zero attached hydrogens (tertiary/aromatic N) is 1. The SMILES string of the molecule is CC(C)(C)C(=O)ON1CCC(O)(c2ccc(Cl)cc2)C(C)(CO)C1. The number of benzene rings is 1. The van der Waals surface area contributed by atoms with Gasteiger partial charge in [-0.15, -0.1) is 5.06 Å². The van der Waals surface area contributed by atoms with Gasteiger partial charge < -0.3 is 15.1 Å². The maximum Gasteiger partial charge on any atom is 0.330 e. The normalized spacial score (nSPS) is 28.6. The summed E-state index contributed by atoms with van der Waals surface area (Å²) >= 11 is 5.93. The minimum atomic E-state index is -1.23. The van der Waals surface area contributed by atoms with Crippen LogP contribution in [0.25, 0.3) is 0 Å². The first-order valence-corrected chi connectivity index (χ1v) is 8.46. The lowest BCUT2D eigenvalue weighted by Crippen LogP contribution is -2.59. The molecule has 0 amide bonds. The number of carbonyl (C=O) groups is 1. The summed E-state index contributed by atoms with van der Waals surface area (Å²) in [5.41, 5.74) is -2.02. The molecule has 1 heterocycles. The second kappa shape index (κ2) is 6.64. The van der Waals surface area contributed by atoms with Crippen molar-refractivity contribution in [3.63, 3.8) is 0 Å². The molecule has 0 bridgehead atoms. The zero-order chi connectivity index (χ0) is 18.2. The highest BCUT2D eigenvalue weighted by Crippen LogP contribution is 2.46. The van der Waals surface area contributed by atoms with Crippen LogP contribution in [0.15, 0.2) is 24.3 Å². The Kier molecular flexibility index (Phi) is 5.31. The quantitative estimate of drug-likeness (QED) is 0.872. The standard InChI is InChI=1S/C18H26ClNO4/c1-16(2,3)15(22)24-20-10-9-18(23,17(4,11-20)12-21)13-5-7-14(19)8-6-13/h5-8,21,23H,9-12H2,1-4H3. The van der Waals surface area contributed by atoms with Gasteiger partial charge in [0, 0.05) is 23.5 Å². The molecule has 0 saturated carbocycles. The highest BCUT2D eigenvalue weighted by molar-refractivity contribution is 6.30. The molecule has 1 aliphatic heterocycles. The van der Waals surface area contributed by atoms with Gasteiger partial charge in [0.2, 0.25) is 0 Å². The zero-order valence-corrected chi connectivity index (χ0v) is 15.4. The van der Waals surface area contributed by atoms with E-state index in [1.165, 1.54) is 5.06 Å². The van der Waals surface area contributed by atoms with E-state index in [1.807, 2.05) is 0 Å². The van der Waals surface area contributed by atoms with Crippen molar-refractivity contribution >= 4 is 17.6 Å². The summed E-state index contributed by atoms with van der Waals surface area (Å²) in [7, 11) is 0. The highest BCUT2D eigenvalue weighted by Gasteiger charge is 2.52. The molecule has 2 atom stereocenters. The van der Waals surface area contributed by atoms with Crippen LogP contribution in [0.4, 0.5) is 0 Å². The molecule has 1 saturated heterocycles.